The molecule has 7 heteroatoms. The molecular formula is C10H17N2O2PS2. The van der Waals surface area contributed by atoms with Crippen molar-refractivity contribution in [3.8, 4) is 5.75 Å². The van der Waals surface area contributed by atoms with Crippen molar-refractivity contribution in [2.75, 3.05) is 5.75 Å². The van der Waals surface area contributed by atoms with E-state index in [4.69, 9.17) is 16.3 Å². The van der Waals surface area contributed by atoms with Crippen molar-refractivity contribution in [1.29, 1.82) is 0 Å². The molecule has 0 aliphatic rings. The van der Waals surface area contributed by atoms with Gasteiger partial charge in [0.1, 0.15) is 5.82 Å². The highest BCUT2D eigenvalue weighted by atomic mass is 32.9. The Morgan fingerprint density at radius 1 is 1.47 bits per heavy atom. The summed E-state index contributed by atoms with van der Waals surface area (Å²) in [6.07, 6.45) is 3.88. The van der Waals surface area contributed by atoms with E-state index in [0.717, 1.165) is 18.0 Å². The predicted octanol–water partition coefficient (Wildman–Crippen LogP) is 3.02. The van der Waals surface area contributed by atoms with Gasteiger partial charge in [-0.1, -0.05) is 32.2 Å². The van der Waals surface area contributed by atoms with Gasteiger partial charge in [0, 0.05) is 12.2 Å². The van der Waals surface area contributed by atoms with Crippen LogP contribution in [0.5, 0.6) is 5.75 Å². The van der Waals surface area contributed by atoms with Gasteiger partial charge in [-0.25, -0.2) is 9.97 Å². The highest BCUT2D eigenvalue weighted by Crippen LogP contribution is 2.55. The van der Waals surface area contributed by atoms with Crippen LogP contribution < -0.4 is 4.52 Å². The van der Waals surface area contributed by atoms with E-state index in [2.05, 4.69) is 23.8 Å². The second kappa shape index (κ2) is 6.69. The fraction of sp³-hybridized carbons (Fsp3) is 0.600. The smallest absolute Gasteiger partial charge is 0.295 e. The molecule has 4 nitrogen and oxygen atoms in total. The molecule has 1 rings (SSSR count). The standard InChI is InChI=1S/C10H17N2O2PS2/c1-4-10-11-5-9(6-12-10)14-15(13,16)17-7-8(2)3/h5-6,8H,4,7H2,1-3H3,(H,13,16). The van der Waals surface area contributed by atoms with Crippen molar-refractivity contribution in [2.24, 2.45) is 5.92 Å². The molecule has 0 saturated carbocycles. The Bertz CT molecular complexity index is 398. The zero-order chi connectivity index (χ0) is 12.9. The number of aryl methyl sites for hydroxylation is 1. The predicted molar refractivity (Wildman–Crippen MR) is 75.8 cm³/mol. The van der Waals surface area contributed by atoms with Crippen LogP contribution in [0.25, 0.3) is 0 Å². The van der Waals surface area contributed by atoms with Gasteiger partial charge >= 0.3 is 0 Å². The lowest BCUT2D eigenvalue weighted by Crippen LogP contribution is -1.97. The maximum absolute atomic E-state index is 9.95. The molecule has 1 unspecified atom stereocenters. The number of hydrogen-bond acceptors (Lipinski definition) is 5. The minimum Gasteiger partial charge on any atom is -0.433 e. The first-order valence-corrected chi connectivity index (χ1v) is 9.67. The van der Waals surface area contributed by atoms with Crippen molar-refractivity contribution in [1.82, 2.24) is 9.97 Å². The fourth-order valence-corrected chi connectivity index (χ4v) is 4.56. The topological polar surface area (TPSA) is 55.2 Å². The average Bonchev–Trinajstić information content (AvgIpc) is 2.27. The summed E-state index contributed by atoms with van der Waals surface area (Å²) in [5, 5.41) is 0. The van der Waals surface area contributed by atoms with Crippen molar-refractivity contribution >= 4 is 28.9 Å². The summed E-state index contributed by atoms with van der Waals surface area (Å²) in [7, 11) is 0. The van der Waals surface area contributed by atoms with Crippen LogP contribution in [0, 0.1) is 5.92 Å². The summed E-state index contributed by atoms with van der Waals surface area (Å²) in [5.41, 5.74) is -2.82. The summed E-state index contributed by atoms with van der Waals surface area (Å²) in [6.45, 7) is 6.12. The molecule has 0 amide bonds. The molecule has 0 aliphatic heterocycles. The van der Waals surface area contributed by atoms with Gasteiger partial charge in [-0.05, 0) is 17.7 Å². The summed E-state index contributed by atoms with van der Waals surface area (Å²) < 4.78 is 5.37. The van der Waals surface area contributed by atoms with E-state index in [1.54, 1.807) is 12.4 Å². The van der Waals surface area contributed by atoms with Gasteiger partial charge in [-0.2, -0.15) is 0 Å². The third-order valence-corrected chi connectivity index (χ3v) is 6.20. The number of rotatable bonds is 6. The molecule has 0 bridgehead atoms. The number of aromatic nitrogens is 2. The van der Waals surface area contributed by atoms with Crippen LogP contribution in [-0.4, -0.2) is 20.6 Å². The first kappa shape index (κ1) is 14.9. The van der Waals surface area contributed by atoms with Crippen molar-refractivity contribution < 1.29 is 9.42 Å². The van der Waals surface area contributed by atoms with E-state index in [9.17, 15) is 4.89 Å². The molecule has 1 aromatic heterocycles. The molecule has 0 spiro atoms. The Hall–Kier alpha value is -0.160. The van der Waals surface area contributed by atoms with Crippen LogP contribution >= 0.6 is 17.1 Å². The largest absolute Gasteiger partial charge is 0.433 e. The molecule has 1 N–H and O–H groups in total. The maximum atomic E-state index is 9.95. The highest BCUT2D eigenvalue weighted by Gasteiger charge is 2.17. The highest BCUT2D eigenvalue weighted by molar-refractivity contribution is 8.67. The van der Waals surface area contributed by atoms with E-state index in [0.29, 0.717) is 11.7 Å². The van der Waals surface area contributed by atoms with Gasteiger partial charge < -0.3 is 9.42 Å². The molecule has 0 saturated heterocycles. The number of nitrogens with zero attached hydrogens (tertiary/aromatic N) is 2. The first-order valence-electron chi connectivity index (χ1n) is 5.41. The van der Waals surface area contributed by atoms with Crippen LogP contribution in [0.15, 0.2) is 12.4 Å². The molecule has 1 heterocycles. The summed E-state index contributed by atoms with van der Waals surface area (Å²) in [4.78, 5) is 18.1. The Balaban J connectivity index is 2.59. The summed E-state index contributed by atoms with van der Waals surface area (Å²) in [6, 6.07) is 0. The zero-order valence-electron chi connectivity index (χ0n) is 10.2. The van der Waals surface area contributed by atoms with Gasteiger partial charge in [-0.3, -0.25) is 0 Å². The van der Waals surface area contributed by atoms with E-state index in [-0.39, 0.29) is 0 Å². The molecule has 0 aliphatic carbocycles. The molecular weight excluding hydrogens is 275 g/mol. The van der Waals surface area contributed by atoms with Gasteiger partial charge in [-0.15, -0.1) is 0 Å². The van der Waals surface area contributed by atoms with Gasteiger partial charge in [0.2, 0.25) is 0 Å². The van der Waals surface area contributed by atoms with Crippen LogP contribution in [0.4, 0.5) is 0 Å². The second-order valence-corrected chi connectivity index (χ2v) is 10.1. The minimum atomic E-state index is -2.82. The van der Waals surface area contributed by atoms with Crippen LogP contribution in [0.1, 0.15) is 26.6 Å². The molecule has 0 fully saturated rings. The molecule has 96 valence electrons. The Morgan fingerprint density at radius 2 is 2.06 bits per heavy atom. The van der Waals surface area contributed by atoms with Gasteiger partial charge in [0.05, 0.1) is 12.4 Å². The zero-order valence-corrected chi connectivity index (χ0v) is 12.7. The Labute approximate surface area is 111 Å². The Kier molecular flexibility index (Phi) is 5.86. The van der Waals surface area contributed by atoms with Gasteiger partial charge in [0.25, 0.3) is 5.69 Å². The van der Waals surface area contributed by atoms with Crippen molar-refractivity contribution in [3.63, 3.8) is 0 Å². The summed E-state index contributed by atoms with van der Waals surface area (Å²) >= 11 is 6.35. The fourth-order valence-electron chi connectivity index (χ4n) is 0.975. The third kappa shape index (κ3) is 5.82. The molecule has 0 radical (unpaired) electrons. The number of hydrogen-bond donors (Lipinski definition) is 1. The lowest BCUT2D eigenvalue weighted by molar-refractivity contribution is 0.500. The Morgan fingerprint density at radius 3 is 2.53 bits per heavy atom. The van der Waals surface area contributed by atoms with Gasteiger partial charge in [0.15, 0.2) is 5.75 Å². The lowest BCUT2D eigenvalue weighted by Gasteiger charge is -2.16. The van der Waals surface area contributed by atoms with Crippen molar-refractivity contribution in [3.05, 3.63) is 18.2 Å². The lowest BCUT2D eigenvalue weighted by atomic mass is 10.3. The molecule has 0 aromatic carbocycles. The minimum absolute atomic E-state index is 0.435. The van der Waals surface area contributed by atoms with E-state index in [1.807, 2.05) is 6.92 Å². The SMILES string of the molecule is CCc1ncc(OP(O)(=S)SCC(C)C)cn1. The van der Waals surface area contributed by atoms with Crippen molar-refractivity contribution in [2.45, 2.75) is 27.2 Å². The average molecular weight is 292 g/mol. The monoisotopic (exact) mass is 292 g/mol. The molecule has 1 aromatic rings. The maximum Gasteiger partial charge on any atom is 0.295 e. The van der Waals surface area contributed by atoms with E-state index in [1.165, 1.54) is 11.4 Å². The first-order chi connectivity index (χ1) is 7.93. The third-order valence-electron chi connectivity index (χ3n) is 1.79. The molecule has 1 atom stereocenters. The quantitative estimate of drug-likeness (QED) is 0.813. The van der Waals surface area contributed by atoms with E-state index < -0.39 is 5.69 Å². The van der Waals surface area contributed by atoms with Crippen LogP contribution in [-0.2, 0) is 18.2 Å². The summed E-state index contributed by atoms with van der Waals surface area (Å²) in [5.74, 6) is 2.43. The normalized spacial score (nSPS) is 14.6. The second-order valence-electron chi connectivity index (χ2n) is 3.94. The van der Waals surface area contributed by atoms with Crippen LogP contribution in [0.3, 0.4) is 0 Å². The van der Waals surface area contributed by atoms with E-state index >= 15 is 0 Å². The molecule has 17 heavy (non-hydrogen) atoms. The van der Waals surface area contributed by atoms with Crippen LogP contribution in [0.2, 0.25) is 0 Å².